The molecule has 0 amide bonds. The minimum absolute atomic E-state index is 0.804. The van der Waals surface area contributed by atoms with Crippen LogP contribution in [0.2, 0.25) is 0 Å². The van der Waals surface area contributed by atoms with E-state index in [-0.39, 0.29) is 0 Å². The second-order valence-electron chi connectivity index (χ2n) is 3.90. The third-order valence-electron chi connectivity index (χ3n) is 2.52. The van der Waals surface area contributed by atoms with E-state index in [1.54, 1.807) is 18.3 Å². The zero-order valence-electron chi connectivity index (χ0n) is 10.4. The Bertz CT molecular complexity index is 588. The Kier molecular flexibility index (Phi) is 3.53. The van der Waals surface area contributed by atoms with Gasteiger partial charge in [0, 0.05) is 11.3 Å². The fraction of sp³-hybridized carbons (Fsp3) is 0.0667. The molecule has 0 fully saturated rings. The maximum atomic E-state index is 4.38. The van der Waals surface area contributed by atoms with Crippen molar-refractivity contribution in [2.24, 2.45) is 0 Å². The summed E-state index contributed by atoms with van der Waals surface area (Å²) < 4.78 is 0. The zero-order valence-corrected chi connectivity index (χ0v) is 10.4. The Balaban J connectivity index is 2.29. The summed E-state index contributed by atoms with van der Waals surface area (Å²) >= 11 is 0. The van der Waals surface area contributed by atoms with E-state index in [4.69, 9.17) is 0 Å². The SMILES string of the molecule is C=Cc1cc(Nc2cccc(C)n2)cnc1C=C. The molecule has 1 N–H and O–H groups in total. The number of nitrogens with zero attached hydrogens (tertiary/aromatic N) is 2. The van der Waals surface area contributed by atoms with Gasteiger partial charge in [0.15, 0.2) is 0 Å². The van der Waals surface area contributed by atoms with Crippen molar-refractivity contribution >= 4 is 23.7 Å². The van der Waals surface area contributed by atoms with Crippen LogP contribution in [0, 0.1) is 6.92 Å². The van der Waals surface area contributed by atoms with Gasteiger partial charge in [-0.15, -0.1) is 0 Å². The Morgan fingerprint density at radius 2 is 2.06 bits per heavy atom. The van der Waals surface area contributed by atoms with Gasteiger partial charge in [-0.05, 0) is 31.2 Å². The van der Waals surface area contributed by atoms with Crippen molar-refractivity contribution in [2.45, 2.75) is 6.92 Å². The van der Waals surface area contributed by atoms with Crippen LogP contribution in [0.1, 0.15) is 17.0 Å². The van der Waals surface area contributed by atoms with Gasteiger partial charge < -0.3 is 5.32 Å². The highest BCUT2D eigenvalue weighted by molar-refractivity contribution is 5.66. The lowest BCUT2D eigenvalue weighted by atomic mass is 10.2. The number of hydrogen-bond acceptors (Lipinski definition) is 3. The normalized spacial score (nSPS) is 9.83. The van der Waals surface area contributed by atoms with Crippen molar-refractivity contribution in [1.29, 1.82) is 0 Å². The zero-order chi connectivity index (χ0) is 13.0. The summed E-state index contributed by atoms with van der Waals surface area (Å²) in [7, 11) is 0. The molecule has 3 nitrogen and oxygen atoms in total. The van der Waals surface area contributed by atoms with E-state index in [2.05, 4.69) is 28.4 Å². The van der Waals surface area contributed by atoms with Crippen LogP contribution in [-0.2, 0) is 0 Å². The molecule has 2 aromatic rings. The van der Waals surface area contributed by atoms with Gasteiger partial charge in [0.05, 0.1) is 17.6 Å². The number of anilines is 2. The highest BCUT2D eigenvalue weighted by Gasteiger charge is 2.01. The van der Waals surface area contributed by atoms with Gasteiger partial charge in [-0.1, -0.05) is 25.3 Å². The lowest BCUT2D eigenvalue weighted by Gasteiger charge is -2.08. The first kappa shape index (κ1) is 12.0. The molecule has 0 aromatic carbocycles. The second-order valence-corrected chi connectivity index (χ2v) is 3.90. The van der Waals surface area contributed by atoms with E-state index in [9.17, 15) is 0 Å². The van der Waals surface area contributed by atoms with Crippen molar-refractivity contribution < 1.29 is 0 Å². The van der Waals surface area contributed by atoms with Crippen molar-refractivity contribution in [3.8, 4) is 0 Å². The Morgan fingerprint density at radius 3 is 2.72 bits per heavy atom. The van der Waals surface area contributed by atoms with Crippen LogP contribution in [0.5, 0.6) is 0 Å². The maximum Gasteiger partial charge on any atom is 0.130 e. The molecule has 0 aliphatic carbocycles. The monoisotopic (exact) mass is 237 g/mol. The third kappa shape index (κ3) is 2.63. The molecular formula is C15H15N3. The Morgan fingerprint density at radius 1 is 1.22 bits per heavy atom. The lowest BCUT2D eigenvalue weighted by Crippen LogP contribution is -1.97. The molecule has 18 heavy (non-hydrogen) atoms. The van der Waals surface area contributed by atoms with Gasteiger partial charge in [-0.3, -0.25) is 4.98 Å². The summed E-state index contributed by atoms with van der Waals surface area (Å²) in [5.74, 6) is 0.804. The second kappa shape index (κ2) is 5.27. The molecular weight excluding hydrogens is 222 g/mol. The van der Waals surface area contributed by atoms with E-state index in [0.717, 1.165) is 28.5 Å². The molecule has 0 saturated carbocycles. The molecule has 2 aromatic heterocycles. The topological polar surface area (TPSA) is 37.8 Å². The van der Waals surface area contributed by atoms with Gasteiger partial charge in [-0.2, -0.15) is 0 Å². The van der Waals surface area contributed by atoms with Crippen molar-refractivity contribution in [2.75, 3.05) is 5.32 Å². The van der Waals surface area contributed by atoms with Gasteiger partial charge in [0.2, 0.25) is 0 Å². The van der Waals surface area contributed by atoms with Crippen molar-refractivity contribution in [3.05, 3.63) is 60.6 Å². The molecule has 0 atom stereocenters. The summed E-state index contributed by atoms with van der Waals surface area (Å²) in [4.78, 5) is 8.69. The Labute approximate surface area is 107 Å². The molecule has 3 heteroatoms. The van der Waals surface area contributed by atoms with Crippen molar-refractivity contribution in [1.82, 2.24) is 9.97 Å². The molecule has 2 rings (SSSR count). The molecule has 0 saturated heterocycles. The van der Waals surface area contributed by atoms with E-state index in [1.165, 1.54) is 0 Å². The number of nitrogens with one attached hydrogen (secondary N) is 1. The molecule has 0 radical (unpaired) electrons. The minimum Gasteiger partial charge on any atom is -0.339 e. The van der Waals surface area contributed by atoms with Crippen LogP contribution in [0.15, 0.2) is 43.6 Å². The van der Waals surface area contributed by atoms with Crippen LogP contribution in [0.3, 0.4) is 0 Å². The fourth-order valence-corrected chi connectivity index (χ4v) is 1.66. The van der Waals surface area contributed by atoms with Crippen LogP contribution >= 0.6 is 0 Å². The standard InChI is InChI=1S/C15H15N3/c1-4-12-9-13(10-16-14(12)5-2)18-15-8-6-7-11(3)17-15/h4-10H,1-2H2,3H3,(H,17,18). The van der Waals surface area contributed by atoms with Gasteiger partial charge >= 0.3 is 0 Å². The molecule has 0 aliphatic heterocycles. The van der Waals surface area contributed by atoms with Gasteiger partial charge in [0.1, 0.15) is 5.82 Å². The third-order valence-corrected chi connectivity index (χ3v) is 2.52. The smallest absolute Gasteiger partial charge is 0.130 e. The van der Waals surface area contributed by atoms with Crippen LogP contribution < -0.4 is 5.32 Å². The van der Waals surface area contributed by atoms with Crippen LogP contribution in [0.25, 0.3) is 12.2 Å². The summed E-state index contributed by atoms with van der Waals surface area (Å²) in [6.45, 7) is 9.45. The average Bonchev–Trinajstić information content (AvgIpc) is 2.38. The highest BCUT2D eigenvalue weighted by Crippen LogP contribution is 2.18. The van der Waals surface area contributed by atoms with Crippen LogP contribution in [-0.4, -0.2) is 9.97 Å². The highest BCUT2D eigenvalue weighted by atomic mass is 15.0. The molecule has 0 spiro atoms. The predicted molar refractivity (Wildman–Crippen MR) is 76.7 cm³/mol. The summed E-state index contributed by atoms with van der Waals surface area (Å²) in [6, 6.07) is 7.81. The number of hydrogen-bond donors (Lipinski definition) is 1. The van der Waals surface area contributed by atoms with E-state index >= 15 is 0 Å². The number of pyridine rings is 2. The first-order valence-corrected chi connectivity index (χ1v) is 5.68. The Hall–Kier alpha value is -2.42. The van der Waals surface area contributed by atoms with E-state index in [0.29, 0.717) is 0 Å². The number of aromatic nitrogens is 2. The molecule has 2 heterocycles. The fourth-order valence-electron chi connectivity index (χ4n) is 1.66. The average molecular weight is 237 g/mol. The molecule has 0 aliphatic rings. The first-order chi connectivity index (χ1) is 8.72. The largest absolute Gasteiger partial charge is 0.339 e. The van der Waals surface area contributed by atoms with Gasteiger partial charge in [-0.25, -0.2) is 4.98 Å². The molecule has 0 unspecified atom stereocenters. The maximum absolute atomic E-state index is 4.38. The first-order valence-electron chi connectivity index (χ1n) is 5.68. The van der Waals surface area contributed by atoms with E-state index in [1.807, 2.05) is 31.2 Å². The summed E-state index contributed by atoms with van der Waals surface area (Å²) in [6.07, 6.45) is 5.23. The van der Waals surface area contributed by atoms with Crippen molar-refractivity contribution in [3.63, 3.8) is 0 Å². The number of aryl methyl sites for hydroxylation is 1. The van der Waals surface area contributed by atoms with Gasteiger partial charge in [0.25, 0.3) is 0 Å². The number of rotatable bonds is 4. The summed E-state index contributed by atoms with van der Waals surface area (Å²) in [5.41, 5.74) is 3.63. The predicted octanol–water partition coefficient (Wildman–Crippen LogP) is 3.81. The van der Waals surface area contributed by atoms with E-state index < -0.39 is 0 Å². The molecule has 90 valence electrons. The minimum atomic E-state index is 0.804. The quantitative estimate of drug-likeness (QED) is 0.878. The van der Waals surface area contributed by atoms with Crippen LogP contribution in [0.4, 0.5) is 11.5 Å². The lowest BCUT2D eigenvalue weighted by molar-refractivity contribution is 1.19. The summed E-state index contributed by atoms with van der Waals surface area (Å²) in [5, 5.41) is 3.22. The molecule has 0 bridgehead atoms.